The fourth-order valence-electron chi connectivity index (χ4n) is 2.38. The Balaban J connectivity index is 2.11. The minimum atomic E-state index is -0.975. The summed E-state index contributed by atoms with van der Waals surface area (Å²) in [6, 6.07) is 4.48. The van der Waals surface area contributed by atoms with Crippen molar-refractivity contribution in [3.8, 4) is 11.5 Å². The van der Waals surface area contributed by atoms with Gasteiger partial charge in [0.15, 0.2) is 11.5 Å². The van der Waals surface area contributed by atoms with Gasteiger partial charge in [-0.05, 0) is 25.0 Å². The number of carbonyl (C=O) groups is 2. The number of aliphatic carboxylic acids is 1. The molecular weight excluding hydrogens is 274 g/mol. The van der Waals surface area contributed by atoms with Gasteiger partial charge in [0.2, 0.25) is 5.91 Å². The molecule has 2 atom stereocenters. The Hall–Kier alpha value is -2.50. The van der Waals surface area contributed by atoms with Crippen LogP contribution < -0.4 is 10.1 Å². The first-order valence-corrected chi connectivity index (χ1v) is 6.58. The molecular formula is C15H17NO5. The molecule has 1 aromatic rings. The number of allylic oxidation sites excluding steroid dienone is 2. The van der Waals surface area contributed by atoms with Crippen LogP contribution in [0.2, 0.25) is 0 Å². The Bertz CT molecular complexity index is 581. The van der Waals surface area contributed by atoms with E-state index in [1.54, 1.807) is 12.1 Å². The van der Waals surface area contributed by atoms with E-state index in [4.69, 9.17) is 9.84 Å². The number of ether oxygens (including phenoxy) is 1. The summed E-state index contributed by atoms with van der Waals surface area (Å²) in [5.74, 6) is -2.46. The van der Waals surface area contributed by atoms with Gasteiger partial charge >= 0.3 is 5.97 Å². The molecule has 0 heterocycles. The number of hydrogen-bond acceptors (Lipinski definition) is 4. The quantitative estimate of drug-likeness (QED) is 0.737. The number of phenols is 1. The van der Waals surface area contributed by atoms with Crippen LogP contribution in [0.4, 0.5) is 5.69 Å². The van der Waals surface area contributed by atoms with Crippen LogP contribution in [-0.4, -0.2) is 29.2 Å². The summed E-state index contributed by atoms with van der Waals surface area (Å²) in [7, 11) is 1.43. The maximum atomic E-state index is 12.2. The van der Waals surface area contributed by atoms with Crippen LogP contribution in [0, 0.1) is 11.8 Å². The van der Waals surface area contributed by atoms with Gasteiger partial charge in [-0.3, -0.25) is 9.59 Å². The van der Waals surface area contributed by atoms with E-state index in [0.717, 1.165) is 0 Å². The average molecular weight is 291 g/mol. The molecule has 0 bridgehead atoms. The molecule has 0 fully saturated rings. The second-order valence-electron chi connectivity index (χ2n) is 4.87. The zero-order valence-electron chi connectivity index (χ0n) is 11.6. The minimum Gasteiger partial charge on any atom is -0.504 e. The normalized spacial score (nSPS) is 20.8. The number of anilines is 1. The molecule has 112 valence electrons. The molecule has 0 saturated carbocycles. The number of hydrogen-bond donors (Lipinski definition) is 3. The maximum absolute atomic E-state index is 12.2. The Kier molecular flexibility index (Phi) is 4.47. The van der Waals surface area contributed by atoms with Crippen molar-refractivity contribution in [2.24, 2.45) is 11.8 Å². The molecule has 0 aliphatic heterocycles. The molecule has 1 aliphatic carbocycles. The summed E-state index contributed by atoms with van der Waals surface area (Å²) in [5.41, 5.74) is 0.400. The molecule has 3 N–H and O–H groups in total. The Labute approximate surface area is 122 Å². The highest BCUT2D eigenvalue weighted by molar-refractivity contribution is 5.95. The minimum absolute atomic E-state index is 0.0892. The smallest absolute Gasteiger partial charge is 0.307 e. The molecule has 0 saturated heterocycles. The van der Waals surface area contributed by atoms with E-state index >= 15 is 0 Å². The first-order valence-electron chi connectivity index (χ1n) is 6.58. The third kappa shape index (κ3) is 3.34. The lowest BCUT2D eigenvalue weighted by molar-refractivity contribution is -0.146. The molecule has 0 spiro atoms. The fraction of sp³-hybridized carbons (Fsp3) is 0.333. The number of carbonyl (C=O) groups excluding carboxylic acids is 1. The fourth-order valence-corrected chi connectivity index (χ4v) is 2.38. The number of rotatable bonds is 4. The maximum Gasteiger partial charge on any atom is 0.307 e. The van der Waals surface area contributed by atoms with Crippen molar-refractivity contribution in [2.75, 3.05) is 12.4 Å². The first-order chi connectivity index (χ1) is 10.0. The number of amides is 1. The van der Waals surface area contributed by atoms with Crippen LogP contribution in [-0.2, 0) is 9.59 Å². The van der Waals surface area contributed by atoms with E-state index in [1.165, 1.54) is 19.2 Å². The molecule has 2 unspecified atom stereocenters. The Morgan fingerprint density at radius 1 is 1.24 bits per heavy atom. The van der Waals surface area contributed by atoms with Crippen molar-refractivity contribution in [3.63, 3.8) is 0 Å². The number of methoxy groups -OCH3 is 1. The van der Waals surface area contributed by atoms with Gasteiger partial charge in [-0.15, -0.1) is 0 Å². The van der Waals surface area contributed by atoms with E-state index < -0.39 is 17.8 Å². The van der Waals surface area contributed by atoms with Gasteiger partial charge in [0, 0.05) is 11.8 Å². The summed E-state index contributed by atoms with van der Waals surface area (Å²) < 4.78 is 4.92. The van der Waals surface area contributed by atoms with Crippen LogP contribution in [0.1, 0.15) is 12.8 Å². The monoisotopic (exact) mass is 291 g/mol. The summed E-state index contributed by atoms with van der Waals surface area (Å²) in [4.78, 5) is 23.4. The molecule has 1 amide bonds. The molecule has 1 aliphatic rings. The molecule has 1 aromatic carbocycles. The standard InChI is InChI=1S/C15H17NO5/c1-21-13-7-6-9(8-12(13)17)16-14(18)10-4-2-3-5-11(10)15(19)20/h2-3,6-8,10-11,17H,4-5H2,1H3,(H,16,18)(H,19,20). The van der Waals surface area contributed by atoms with E-state index in [0.29, 0.717) is 24.3 Å². The van der Waals surface area contributed by atoms with E-state index in [-0.39, 0.29) is 11.7 Å². The van der Waals surface area contributed by atoms with Gasteiger partial charge in [0.25, 0.3) is 0 Å². The highest BCUT2D eigenvalue weighted by Gasteiger charge is 2.33. The van der Waals surface area contributed by atoms with Gasteiger partial charge in [0.1, 0.15) is 0 Å². The van der Waals surface area contributed by atoms with Gasteiger partial charge in [0.05, 0.1) is 18.9 Å². The van der Waals surface area contributed by atoms with Crippen molar-refractivity contribution < 1.29 is 24.5 Å². The van der Waals surface area contributed by atoms with Crippen molar-refractivity contribution >= 4 is 17.6 Å². The summed E-state index contributed by atoms with van der Waals surface area (Å²) >= 11 is 0. The van der Waals surface area contributed by atoms with Crippen molar-refractivity contribution in [3.05, 3.63) is 30.4 Å². The van der Waals surface area contributed by atoms with Crippen LogP contribution in [0.5, 0.6) is 11.5 Å². The predicted octanol–water partition coefficient (Wildman–Crippen LogP) is 2.01. The predicted molar refractivity (Wildman–Crippen MR) is 76.3 cm³/mol. The SMILES string of the molecule is COc1ccc(NC(=O)C2CC=CCC2C(=O)O)cc1O. The number of carboxylic acids is 1. The third-order valence-electron chi connectivity index (χ3n) is 3.53. The van der Waals surface area contributed by atoms with Crippen LogP contribution in [0.3, 0.4) is 0 Å². The lowest BCUT2D eigenvalue weighted by Crippen LogP contribution is -2.34. The Morgan fingerprint density at radius 3 is 2.48 bits per heavy atom. The number of carboxylic acid groups (broad SMARTS) is 1. The molecule has 6 nitrogen and oxygen atoms in total. The average Bonchev–Trinajstić information content (AvgIpc) is 2.47. The first kappa shape index (κ1) is 14.9. The van der Waals surface area contributed by atoms with Gasteiger partial charge in [-0.1, -0.05) is 12.2 Å². The number of aromatic hydroxyl groups is 1. The van der Waals surface area contributed by atoms with Crippen molar-refractivity contribution in [1.82, 2.24) is 0 Å². The lowest BCUT2D eigenvalue weighted by atomic mass is 9.82. The molecule has 21 heavy (non-hydrogen) atoms. The number of nitrogens with one attached hydrogen (secondary N) is 1. The second-order valence-corrected chi connectivity index (χ2v) is 4.87. The molecule has 6 heteroatoms. The largest absolute Gasteiger partial charge is 0.504 e. The number of benzene rings is 1. The van der Waals surface area contributed by atoms with E-state index in [9.17, 15) is 14.7 Å². The van der Waals surface area contributed by atoms with Crippen LogP contribution >= 0.6 is 0 Å². The van der Waals surface area contributed by atoms with Crippen molar-refractivity contribution in [1.29, 1.82) is 0 Å². The van der Waals surface area contributed by atoms with Gasteiger partial charge in [-0.2, -0.15) is 0 Å². The summed E-state index contributed by atoms with van der Waals surface area (Å²) in [6.07, 6.45) is 4.34. The highest BCUT2D eigenvalue weighted by atomic mass is 16.5. The van der Waals surface area contributed by atoms with Gasteiger partial charge < -0.3 is 20.3 Å². The zero-order chi connectivity index (χ0) is 15.4. The topological polar surface area (TPSA) is 95.9 Å². The van der Waals surface area contributed by atoms with E-state index in [1.807, 2.05) is 6.08 Å². The zero-order valence-corrected chi connectivity index (χ0v) is 11.6. The Morgan fingerprint density at radius 2 is 1.90 bits per heavy atom. The molecule has 2 rings (SSSR count). The summed E-state index contributed by atoms with van der Waals surface area (Å²) in [6.45, 7) is 0. The van der Waals surface area contributed by atoms with Gasteiger partial charge in [-0.25, -0.2) is 0 Å². The van der Waals surface area contributed by atoms with E-state index in [2.05, 4.69) is 5.32 Å². The second kappa shape index (κ2) is 6.30. The molecule has 0 aromatic heterocycles. The summed E-state index contributed by atoms with van der Waals surface area (Å²) in [5, 5.41) is 21.5. The van der Waals surface area contributed by atoms with Crippen LogP contribution in [0.25, 0.3) is 0 Å². The highest BCUT2D eigenvalue weighted by Crippen LogP contribution is 2.30. The van der Waals surface area contributed by atoms with Crippen LogP contribution in [0.15, 0.2) is 30.4 Å². The lowest BCUT2D eigenvalue weighted by Gasteiger charge is -2.24. The van der Waals surface area contributed by atoms with Crippen molar-refractivity contribution in [2.45, 2.75) is 12.8 Å². The third-order valence-corrected chi connectivity index (χ3v) is 3.53. The number of phenolic OH excluding ortho intramolecular Hbond substituents is 1. The molecule has 0 radical (unpaired) electrons.